The fraction of sp³-hybridized carbons (Fsp3) is 0.500. The topological polar surface area (TPSA) is 78.9 Å². The zero-order chi connectivity index (χ0) is 14.7. The van der Waals surface area contributed by atoms with Crippen molar-refractivity contribution in [2.45, 2.75) is 26.9 Å². The maximum atomic E-state index is 5.90. The monoisotopic (exact) mass is 275 g/mol. The normalized spacial score (nSPS) is 12.8. The Labute approximate surface area is 119 Å². The molecule has 1 unspecified atom stereocenters. The molecule has 0 radical (unpaired) electrons. The first-order chi connectivity index (χ1) is 9.51. The van der Waals surface area contributed by atoms with Crippen molar-refractivity contribution < 1.29 is 4.74 Å². The average molecular weight is 275 g/mol. The summed E-state index contributed by atoms with van der Waals surface area (Å²) in [4.78, 5) is 8.91. The maximum absolute atomic E-state index is 5.90. The van der Waals surface area contributed by atoms with Crippen LogP contribution in [-0.2, 0) is 11.8 Å². The van der Waals surface area contributed by atoms with Crippen molar-refractivity contribution in [3.05, 3.63) is 24.3 Å². The van der Waals surface area contributed by atoms with Crippen LogP contribution < -0.4 is 5.73 Å². The molecule has 2 aromatic heterocycles. The first-order valence-corrected chi connectivity index (χ1v) is 6.76. The molecule has 20 heavy (non-hydrogen) atoms. The molecule has 0 aliphatic rings. The number of aryl methyl sites for hydroxylation is 1. The smallest absolute Gasteiger partial charge is 0.160 e. The molecule has 2 rings (SSSR count). The van der Waals surface area contributed by atoms with E-state index in [0.29, 0.717) is 18.2 Å². The summed E-state index contributed by atoms with van der Waals surface area (Å²) in [6.45, 7) is 6.74. The summed E-state index contributed by atoms with van der Waals surface area (Å²) < 4.78 is 7.47. The van der Waals surface area contributed by atoms with Gasteiger partial charge in [-0.15, -0.1) is 0 Å². The number of ether oxygens (including phenoxy) is 1. The molecule has 0 bridgehead atoms. The molecule has 6 heteroatoms. The SMILES string of the molecule is CCOC(c1nc(N)cc(-c2cnn(C)c2)n1)C(C)C. The first kappa shape index (κ1) is 14.5. The quantitative estimate of drug-likeness (QED) is 0.905. The largest absolute Gasteiger partial charge is 0.384 e. The number of anilines is 1. The van der Waals surface area contributed by atoms with Gasteiger partial charge in [-0.25, -0.2) is 9.97 Å². The van der Waals surface area contributed by atoms with Crippen LogP contribution in [0.4, 0.5) is 5.82 Å². The van der Waals surface area contributed by atoms with Gasteiger partial charge in [0.05, 0.1) is 11.9 Å². The Hall–Kier alpha value is -1.95. The molecule has 0 amide bonds. The van der Waals surface area contributed by atoms with Crippen LogP contribution in [0.2, 0.25) is 0 Å². The third-order valence-electron chi connectivity index (χ3n) is 2.97. The van der Waals surface area contributed by atoms with E-state index in [0.717, 1.165) is 11.3 Å². The lowest BCUT2D eigenvalue weighted by atomic mass is 10.1. The molecular formula is C14H21N5O. The highest BCUT2D eigenvalue weighted by molar-refractivity contribution is 5.60. The van der Waals surface area contributed by atoms with Gasteiger partial charge < -0.3 is 10.5 Å². The van der Waals surface area contributed by atoms with E-state index in [1.54, 1.807) is 16.9 Å². The molecule has 0 aliphatic heterocycles. The van der Waals surface area contributed by atoms with Crippen molar-refractivity contribution >= 4 is 5.82 Å². The average Bonchev–Trinajstić information content (AvgIpc) is 2.81. The molecular weight excluding hydrogens is 254 g/mol. The molecule has 6 nitrogen and oxygen atoms in total. The fourth-order valence-electron chi connectivity index (χ4n) is 2.06. The third kappa shape index (κ3) is 3.14. The number of hydrogen-bond acceptors (Lipinski definition) is 5. The third-order valence-corrected chi connectivity index (χ3v) is 2.97. The lowest BCUT2D eigenvalue weighted by Gasteiger charge is -2.20. The van der Waals surface area contributed by atoms with Crippen LogP contribution in [-0.4, -0.2) is 26.4 Å². The summed E-state index contributed by atoms with van der Waals surface area (Å²) in [6, 6.07) is 1.75. The van der Waals surface area contributed by atoms with Crippen LogP contribution in [0.3, 0.4) is 0 Å². The summed E-state index contributed by atoms with van der Waals surface area (Å²) >= 11 is 0. The Morgan fingerprint density at radius 1 is 1.35 bits per heavy atom. The summed E-state index contributed by atoms with van der Waals surface area (Å²) in [7, 11) is 1.87. The molecule has 0 saturated heterocycles. The molecule has 2 N–H and O–H groups in total. The van der Waals surface area contributed by atoms with Gasteiger partial charge >= 0.3 is 0 Å². The van der Waals surface area contributed by atoms with Gasteiger partial charge in [-0.3, -0.25) is 4.68 Å². The molecule has 0 saturated carbocycles. The highest BCUT2D eigenvalue weighted by Gasteiger charge is 2.20. The summed E-state index contributed by atoms with van der Waals surface area (Å²) in [6.07, 6.45) is 3.51. The highest BCUT2D eigenvalue weighted by Crippen LogP contribution is 2.26. The Morgan fingerprint density at radius 2 is 2.10 bits per heavy atom. The number of hydrogen-bond donors (Lipinski definition) is 1. The summed E-state index contributed by atoms with van der Waals surface area (Å²) in [5.74, 6) is 1.35. The summed E-state index contributed by atoms with van der Waals surface area (Å²) in [5.41, 5.74) is 7.59. The van der Waals surface area contributed by atoms with Crippen LogP contribution in [0, 0.1) is 5.92 Å². The van der Waals surface area contributed by atoms with Gasteiger partial charge in [0, 0.05) is 31.5 Å². The van der Waals surface area contributed by atoms with E-state index in [2.05, 4.69) is 28.9 Å². The van der Waals surface area contributed by atoms with Gasteiger partial charge in [0.1, 0.15) is 11.9 Å². The predicted molar refractivity (Wildman–Crippen MR) is 77.9 cm³/mol. The minimum atomic E-state index is -0.154. The van der Waals surface area contributed by atoms with Crippen molar-refractivity contribution in [1.29, 1.82) is 0 Å². The molecule has 0 aromatic carbocycles. The van der Waals surface area contributed by atoms with Crippen LogP contribution in [0.25, 0.3) is 11.3 Å². The Morgan fingerprint density at radius 3 is 2.65 bits per heavy atom. The molecule has 0 fully saturated rings. The van der Waals surface area contributed by atoms with E-state index in [1.165, 1.54) is 0 Å². The van der Waals surface area contributed by atoms with E-state index in [4.69, 9.17) is 10.5 Å². The number of nitrogen functional groups attached to an aromatic ring is 1. The maximum Gasteiger partial charge on any atom is 0.160 e. The fourth-order valence-corrected chi connectivity index (χ4v) is 2.06. The number of rotatable bonds is 5. The molecule has 108 valence electrons. The van der Waals surface area contributed by atoms with Crippen molar-refractivity contribution in [2.75, 3.05) is 12.3 Å². The van der Waals surface area contributed by atoms with Gasteiger partial charge in [-0.05, 0) is 12.8 Å². The zero-order valence-corrected chi connectivity index (χ0v) is 12.4. The van der Waals surface area contributed by atoms with Gasteiger partial charge in [0.25, 0.3) is 0 Å². The van der Waals surface area contributed by atoms with E-state index < -0.39 is 0 Å². The van der Waals surface area contributed by atoms with Gasteiger partial charge in [-0.1, -0.05) is 13.8 Å². The number of aromatic nitrogens is 4. The molecule has 1 atom stereocenters. The minimum Gasteiger partial charge on any atom is -0.384 e. The second-order valence-electron chi connectivity index (χ2n) is 5.06. The van der Waals surface area contributed by atoms with Gasteiger partial charge in [0.2, 0.25) is 0 Å². The predicted octanol–water partition coefficient (Wildman–Crippen LogP) is 2.19. The summed E-state index contributed by atoms with van der Waals surface area (Å²) in [5, 5.41) is 4.15. The van der Waals surface area contributed by atoms with Gasteiger partial charge in [-0.2, -0.15) is 5.10 Å². The Balaban J connectivity index is 2.42. The lowest BCUT2D eigenvalue weighted by Crippen LogP contribution is -2.15. The molecule has 2 aromatic rings. The van der Waals surface area contributed by atoms with E-state index in [1.807, 2.05) is 20.2 Å². The second-order valence-corrected chi connectivity index (χ2v) is 5.06. The Kier molecular flexibility index (Phi) is 4.34. The van der Waals surface area contributed by atoms with Gasteiger partial charge in [0.15, 0.2) is 5.82 Å². The second kappa shape index (κ2) is 6.00. The van der Waals surface area contributed by atoms with Crippen molar-refractivity contribution in [2.24, 2.45) is 13.0 Å². The van der Waals surface area contributed by atoms with Crippen LogP contribution in [0.5, 0.6) is 0 Å². The molecule has 2 heterocycles. The van der Waals surface area contributed by atoms with E-state index >= 15 is 0 Å². The standard InChI is InChI=1S/C14H21N5O/c1-5-20-13(9(2)3)14-17-11(6-12(15)18-14)10-7-16-19(4)8-10/h6-9,13H,5H2,1-4H3,(H2,15,17,18). The lowest BCUT2D eigenvalue weighted by molar-refractivity contribution is 0.0234. The highest BCUT2D eigenvalue weighted by atomic mass is 16.5. The Bertz CT molecular complexity index is 579. The molecule has 0 spiro atoms. The first-order valence-electron chi connectivity index (χ1n) is 6.76. The van der Waals surface area contributed by atoms with Crippen molar-refractivity contribution in [1.82, 2.24) is 19.7 Å². The van der Waals surface area contributed by atoms with Crippen LogP contribution >= 0.6 is 0 Å². The van der Waals surface area contributed by atoms with Crippen molar-refractivity contribution in [3.63, 3.8) is 0 Å². The van der Waals surface area contributed by atoms with Crippen LogP contribution in [0.15, 0.2) is 18.5 Å². The minimum absolute atomic E-state index is 0.154. The number of nitrogens with zero attached hydrogens (tertiary/aromatic N) is 4. The van der Waals surface area contributed by atoms with E-state index in [9.17, 15) is 0 Å². The van der Waals surface area contributed by atoms with Crippen molar-refractivity contribution in [3.8, 4) is 11.3 Å². The molecule has 0 aliphatic carbocycles. The number of nitrogens with two attached hydrogens (primary N) is 1. The zero-order valence-electron chi connectivity index (χ0n) is 12.4. The van der Waals surface area contributed by atoms with E-state index in [-0.39, 0.29) is 12.0 Å². The van der Waals surface area contributed by atoms with Crippen LogP contribution in [0.1, 0.15) is 32.7 Å².